The summed E-state index contributed by atoms with van der Waals surface area (Å²) >= 11 is 0. The van der Waals surface area contributed by atoms with E-state index in [9.17, 15) is 22.8 Å². The van der Waals surface area contributed by atoms with Crippen molar-refractivity contribution in [2.45, 2.75) is 13.1 Å². The molecule has 1 aromatic carbocycles. The molecule has 4 aromatic rings. The van der Waals surface area contributed by atoms with Crippen LogP contribution in [0.2, 0.25) is 0 Å². The van der Waals surface area contributed by atoms with E-state index in [1.165, 1.54) is 16.5 Å². The minimum Gasteiger partial charge on any atom is -0.295 e. The van der Waals surface area contributed by atoms with Gasteiger partial charge >= 0.3 is 6.18 Å². The zero-order chi connectivity index (χ0) is 22.2. The Morgan fingerprint density at radius 2 is 1.65 bits per heavy atom. The summed E-state index contributed by atoms with van der Waals surface area (Å²) in [5.74, 6) is -1.89. The van der Waals surface area contributed by atoms with Crippen LogP contribution in [0.4, 0.5) is 13.2 Å². The first-order valence-corrected chi connectivity index (χ1v) is 9.02. The first kappa shape index (κ1) is 20.1. The van der Waals surface area contributed by atoms with Gasteiger partial charge in [-0.1, -0.05) is 24.3 Å². The standard InChI is InChI=1S/C20H15F3N6O2/c1-12-16(28-10-6-5-9-15(28)25-12)19(31)27-26-18(30)14-11-24-29(17(14)20(21,22)23)13-7-3-2-4-8-13/h2-11H,1H3,(H,26,30)(H,27,31). The van der Waals surface area contributed by atoms with Gasteiger partial charge in [0, 0.05) is 6.20 Å². The van der Waals surface area contributed by atoms with Gasteiger partial charge in [-0.2, -0.15) is 18.3 Å². The number of alkyl halides is 3. The lowest BCUT2D eigenvalue weighted by Crippen LogP contribution is -2.42. The number of pyridine rings is 1. The van der Waals surface area contributed by atoms with E-state index in [1.54, 1.807) is 49.5 Å². The van der Waals surface area contributed by atoms with Gasteiger partial charge in [-0.25, -0.2) is 9.67 Å². The number of rotatable bonds is 3. The van der Waals surface area contributed by atoms with Crippen molar-refractivity contribution in [3.8, 4) is 5.69 Å². The predicted molar refractivity (Wildman–Crippen MR) is 103 cm³/mol. The number of carbonyl (C=O) groups excluding carboxylic acids is 2. The molecule has 0 radical (unpaired) electrons. The monoisotopic (exact) mass is 428 g/mol. The Labute approximate surface area is 173 Å². The van der Waals surface area contributed by atoms with Crippen molar-refractivity contribution >= 4 is 17.5 Å². The number of halogens is 3. The molecule has 4 rings (SSSR count). The molecule has 3 heterocycles. The first-order valence-electron chi connectivity index (χ1n) is 9.02. The molecule has 3 aromatic heterocycles. The van der Waals surface area contributed by atoms with Crippen LogP contribution < -0.4 is 10.9 Å². The molecule has 158 valence electrons. The first-order chi connectivity index (χ1) is 14.8. The zero-order valence-corrected chi connectivity index (χ0v) is 16.0. The van der Waals surface area contributed by atoms with Crippen molar-refractivity contribution in [3.05, 3.63) is 83.6 Å². The molecule has 0 aliphatic rings. The molecule has 2 amide bonds. The highest BCUT2D eigenvalue weighted by atomic mass is 19.4. The number of benzene rings is 1. The van der Waals surface area contributed by atoms with E-state index in [2.05, 4.69) is 15.5 Å². The third-order valence-electron chi connectivity index (χ3n) is 4.49. The number of amides is 2. The summed E-state index contributed by atoms with van der Waals surface area (Å²) in [6.07, 6.45) is -2.45. The minimum atomic E-state index is -4.86. The van der Waals surface area contributed by atoms with Crippen molar-refractivity contribution in [3.63, 3.8) is 0 Å². The third-order valence-corrected chi connectivity index (χ3v) is 4.49. The number of carbonyl (C=O) groups is 2. The molecule has 0 aliphatic heterocycles. The molecule has 0 atom stereocenters. The fraction of sp³-hybridized carbons (Fsp3) is 0.100. The molecule has 0 spiro atoms. The van der Waals surface area contributed by atoms with Gasteiger partial charge in [-0.05, 0) is 31.2 Å². The highest BCUT2D eigenvalue weighted by molar-refractivity contribution is 5.99. The number of nitrogens with zero attached hydrogens (tertiary/aromatic N) is 4. The van der Waals surface area contributed by atoms with Gasteiger partial charge in [0.15, 0.2) is 5.69 Å². The van der Waals surface area contributed by atoms with Crippen molar-refractivity contribution < 1.29 is 22.8 Å². The maximum atomic E-state index is 13.7. The van der Waals surface area contributed by atoms with Gasteiger partial charge in [0.1, 0.15) is 11.3 Å². The van der Waals surface area contributed by atoms with Gasteiger partial charge in [0.25, 0.3) is 11.8 Å². The van der Waals surface area contributed by atoms with Crippen LogP contribution in [0.3, 0.4) is 0 Å². The summed E-state index contributed by atoms with van der Waals surface area (Å²) in [5.41, 5.74) is 3.37. The topological polar surface area (TPSA) is 93.3 Å². The van der Waals surface area contributed by atoms with E-state index in [4.69, 9.17) is 0 Å². The number of hydrazine groups is 1. The van der Waals surface area contributed by atoms with E-state index in [0.717, 1.165) is 6.20 Å². The van der Waals surface area contributed by atoms with E-state index in [0.29, 0.717) is 16.0 Å². The molecular weight excluding hydrogens is 413 g/mol. The number of para-hydroxylation sites is 1. The Hall–Kier alpha value is -4.15. The zero-order valence-electron chi connectivity index (χ0n) is 16.0. The van der Waals surface area contributed by atoms with Gasteiger partial charge in [-0.3, -0.25) is 24.8 Å². The Bertz CT molecular complexity index is 1280. The maximum absolute atomic E-state index is 13.7. The second-order valence-corrected chi connectivity index (χ2v) is 6.53. The summed E-state index contributed by atoms with van der Waals surface area (Å²) in [7, 11) is 0. The number of aromatic nitrogens is 4. The van der Waals surface area contributed by atoms with Crippen molar-refractivity contribution in [1.29, 1.82) is 0 Å². The average molecular weight is 428 g/mol. The molecule has 8 nitrogen and oxygen atoms in total. The predicted octanol–water partition coefficient (Wildman–Crippen LogP) is 2.92. The van der Waals surface area contributed by atoms with E-state index >= 15 is 0 Å². The third kappa shape index (κ3) is 3.72. The highest BCUT2D eigenvalue weighted by Crippen LogP contribution is 2.33. The quantitative estimate of drug-likeness (QED) is 0.491. The van der Waals surface area contributed by atoms with Crippen molar-refractivity contribution in [2.24, 2.45) is 0 Å². The lowest BCUT2D eigenvalue weighted by Gasteiger charge is -2.13. The average Bonchev–Trinajstić information content (AvgIpc) is 3.33. The van der Waals surface area contributed by atoms with Gasteiger partial charge in [-0.15, -0.1) is 0 Å². The van der Waals surface area contributed by atoms with Gasteiger partial charge in [0.05, 0.1) is 23.1 Å². The number of hydrogen-bond acceptors (Lipinski definition) is 4. The molecule has 0 saturated heterocycles. The van der Waals surface area contributed by atoms with E-state index in [1.807, 2.05) is 5.43 Å². The van der Waals surface area contributed by atoms with Crippen LogP contribution in [0.25, 0.3) is 11.3 Å². The number of fused-ring (bicyclic) bond motifs is 1. The Morgan fingerprint density at radius 1 is 0.968 bits per heavy atom. The maximum Gasteiger partial charge on any atom is 0.434 e. The molecule has 2 N–H and O–H groups in total. The van der Waals surface area contributed by atoms with Crippen LogP contribution in [0, 0.1) is 6.92 Å². The Balaban J connectivity index is 1.60. The second kappa shape index (κ2) is 7.59. The molecule has 0 saturated carbocycles. The Kier molecular flexibility index (Phi) is 4.93. The smallest absolute Gasteiger partial charge is 0.295 e. The number of imidazole rings is 1. The summed E-state index contributed by atoms with van der Waals surface area (Å²) in [6, 6.07) is 12.7. The van der Waals surface area contributed by atoms with Crippen molar-refractivity contribution in [2.75, 3.05) is 0 Å². The SMILES string of the molecule is Cc1nc2ccccn2c1C(=O)NNC(=O)c1cnn(-c2ccccc2)c1C(F)(F)F. The van der Waals surface area contributed by atoms with Gasteiger partial charge < -0.3 is 0 Å². The normalized spacial score (nSPS) is 11.5. The molecule has 0 aliphatic carbocycles. The second-order valence-electron chi connectivity index (χ2n) is 6.53. The molecule has 0 fully saturated rings. The van der Waals surface area contributed by atoms with Crippen LogP contribution in [0.5, 0.6) is 0 Å². The number of nitrogens with one attached hydrogen (secondary N) is 2. The molecule has 0 unspecified atom stereocenters. The van der Waals surface area contributed by atoms with Crippen LogP contribution in [-0.4, -0.2) is 31.0 Å². The number of aryl methyl sites for hydroxylation is 1. The van der Waals surface area contributed by atoms with Crippen molar-refractivity contribution in [1.82, 2.24) is 30.0 Å². The fourth-order valence-corrected chi connectivity index (χ4v) is 3.18. The van der Waals surface area contributed by atoms with Gasteiger partial charge in [0.2, 0.25) is 0 Å². The minimum absolute atomic E-state index is 0.138. The summed E-state index contributed by atoms with van der Waals surface area (Å²) in [6.45, 7) is 1.61. The molecule has 11 heteroatoms. The van der Waals surface area contributed by atoms with Crippen LogP contribution in [-0.2, 0) is 6.18 Å². The Morgan fingerprint density at radius 3 is 2.35 bits per heavy atom. The van der Waals surface area contributed by atoms with E-state index in [-0.39, 0.29) is 11.4 Å². The lowest BCUT2D eigenvalue weighted by molar-refractivity contribution is -0.143. The molecule has 31 heavy (non-hydrogen) atoms. The summed E-state index contributed by atoms with van der Waals surface area (Å²) in [5, 5.41) is 3.71. The fourth-order valence-electron chi connectivity index (χ4n) is 3.18. The summed E-state index contributed by atoms with van der Waals surface area (Å²) in [4.78, 5) is 29.3. The van der Waals surface area contributed by atoms with E-state index < -0.39 is 29.2 Å². The highest BCUT2D eigenvalue weighted by Gasteiger charge is 2.40. The lowest BCUT2D eigenvalue weighted by atomic mass is 10.2. The molecule has 0 bridgehead atoms. The van der Waals surface area contributed by atoms with Crippen LogP contribution in [0.1, 0.15) is 32.2 Å². The molecular formula is C20H15F3N6O2. The number of hydrogen-bond donors (Lipinski definition) is 2. The van der Waals surface area contributed by atoms with Crippen LogP contribution >= 0.6 is 0 Å². The van der Waals surface area contributed by atoms with Crippen LogP contribution in [0.15, 0.2) is 60.9 Å². The summed E-state index contributed by atoms with van der Waals surface area (Å²) < 4.78 is 43.2. The largest absolute Gasteiger partial charge is 0.434 e.